The van der Waals surface area contributed by atoms with Crippen LogP contribution in [0.2, 0.25) is 0 Å². The number of rotatable bonds is 6. The summed E-state index contributed by atoms with van der Waals surface area (Å²) in [5.41, 5.74) is 2.19. The summed E-state index contributed by atoms with van der Waals surface area (Å²) in [4.78, 5) is 4.65. The van der Waals surface area contributed by atoms with E-state index >= 15 is 0 Å². The van der Waals surface area contributed by atoms with Gasteiger partial charge in [-0.05, 0) is 45.2 Å². The number of likely N-dealkylation sites (N-methyl/N-ethyl adjacent to an activating group) is 1. The molecule has 0 aliphatic heterocycles. The minimum Gasteiger partial charge on any atom is -0.491 e. The Bertz CT molecular complexity index is 505. The Morgan fingerprint density at radius 3 is 2.63 bits per heavy atom. The summed E-state index contributed by atoms with van der Waals surface area (Å²) in [6, 6.07) is 8.13. The van der Waals surface area contributed by atoms with Gasteiger partial charge in [-0.1, -0.05) is 0 Å². The van der Waals surface area contributed by atoms with Crippen molar-refractivity contribution in [2.24, 2.45) is 0 Å². The molecule has 0 fully saturated rings. The second-order valence-electron chi connectivity index (χ2n) is 4.67. The first-order valence-corrected chi connectivity index (χ1v) is 7.43. The van der Waals surface area contributed by atoms with Crippen molar-refractivity contribution in [1.29, 1.82) is 0 Å². The molecule has 1 aromatic carbocycles. The zero-order chi connectivity index (χ0) is 13.7. The number of nitrogens with one attached hydrogen (secondary N) is 1. The lowest BCUT2D eigenvalue weighted by Gasteiger charge is -2.09. The van der Waals surface area contributed by atoms with E-state index < -0.39 is 0 Å². The van der Waals surface area contributed by atoms with Crippen molar-refractivity contribution in [2.75, 3.05) is 13.6 Å². The fourth-order valence-corrected chi connectivity index (χ4v) is 2.57. The highest BCUT2D eigenvalue weighted by Crippen LogP contribution is 2.24. The van der Waals surface area contributed by atoms with Crippen LogP contribution in [0.3, 0.4) is 0 Å². The standard InChI is InChI=1S/C15H20N2OS/c1-11(2)18-13-6-4-12(5-7-13)14-10-19-15(17-14)8-9-16-3/h4-7,10-11,16H,8-9H2,1-3H3. The van der Waals surface area contributed by atoms with Crippen LogP contribution in [-0.4, -0.2) is 24.7 Å². The fourth-order valence-electron chi connectivity index (χ4n) is 1.77. The van der Waals surface area contributed by atoms with Crippen molar-refractivity contribution in [3.8, 4) is 17.0 Å². The number of nitrogens with zero attached hydrogens (tertiary/aromatic N) is 1. The summed E-state index contributed by atoms with van der Waals surface area (Å²) < 4.78 is 5.64. The zero-order valence-corrected chi connectivity index (χ0v) is 12.5. The number of aromatic nitrogens is 1. The van der Waals surface area contributed by atoms with Gasteiger partial charge in [-0.2, -0.15) is 0 Å². The molecule has 0 aliphatic rings. The summed E-state index contributed by atoms with van der Waals surface area (Å²) in [5, 5.41) is 6.43. The maximum absolute atomic E-state index is 5.64. The summed E-state index contributed by atoms with van der Waals surface area (Å²) in [6.45, 7) is 5.03. The first-order chi connectivity index (χ1) is 9.19. The summed E-state index contributed by atoms with van der Waals surface area (Å²) in [5.74, 6) is 0.907. The third kappa shape index (κ3) is 4.04. The normalized spacial score (nSPS) is 10.9. The Kier molecular flexibility index (Phi) is 4.93. The van der Waals surface area contributed by atoms with Crippen molar-refractivity contribution in [3.05, 3.63) is 34.7 Å². The Morgan fingerprint density at radius 1 is 1.26 bits per heavy atom. The van der Waals surface area contributed by atoms with Gasteiger partial charge in [-0.3, -0.25) is 0 Å². The number of thiazole rings is 1. The van der Waals surface area contributed by atoms with Crippen LogP contribution in [0.5, 0.6) is 5.75 Å². The third-order valence-corrected chi connectivity index (χ3v) is 3.57. The topological polar surface area (TPSA) is 34.2 Å². The molecule has 1 heterocycles. The number of hydrogen-bond acceptors (Lipinski definition) is 4. The summed E-state index contributed by atoms with van der Waals surface area (Å²) in [7, 11) is 1.96. The second kappa shape index (κ2) is 6.68. The van der Waals surface area contributed by atoms with Gasteiger partial charge in [0.15, 0.2) is 0 Å². The van der Waals surface area contributed by atoms with Gasteiger partial charge in [0.2, 0.25) is 0 Å². The van der Waals surface area contributed by atoms with E-state index in [0.29, 0.717) is 0 Å². The zero-order valence-electron chi connectivity index (χ0n) is 11.6. The van der Waals surface area contributed by atoms with Crippen molar-refractivity contribution in [1.82, 2.24) is 10.3 Å². The van der Waals surface area contributed by atoms with Crippen LogP contribution in [0, 0.1) is 0 Å². The lowest BCUT2D eigenvalue weighted by Crippen LogP contribution is -2.09. The molecule has 2 aromatic rings. The monoisotopic (exact) mass is 276 g/mol. The van der Waals surface area contributed by atoms with Crippen molar-refractivity contribution >= 4 is 11.3 Å². The average molecular weight is 276 g/mol. The smallest absolute Gasteiger partial charge is 0.119 e. The van der Waals surface area contributed by atoms with Crippen molar-refractivity contribution in [2.45, 2.75) is 26.4 Å². The van der Waals surface area contributed by atoms with Gasteiger partial charge in [0.05, 0.1) is 16.8 Å². The summed E-state index contributed by atoms with van der Waals surface area (Å²) in [6.07, 6.45) is 1.19. The predicted molar refractivity (Wildman–Crippen MR) is 80.9 cm³/mol. The van der Waals surface area contributed by atoms with Gasteiger partial charge in [0.25, 0.3) is 0 Å². The molecule has 4 heteroatoms. The molecule has 1 N–H and O–H groups in total. The van der Waals surface area contributed by atoms with E-state index in [0.717, 1.165) is 30.0 Å². The van der Waals surface area contributed by atoms with Gasteiger partial charge >= 0.3 is 0 Å². The molecule has 19 heavy (non-hydrogen) atoms. The molecule has 0 atom stereocenters. The minimum absolute atomic E-state index is 0.207. The van der Waals surface area contributed by atoms with Gasteiger partial charge in [-0.25, -0.2) is 4.98 Å². The highest BCUT2D eigenvalue weighted by molar-refractivity contribution is 7.09. The Labute approximate surface area is 118 Å². The number of hydrogen-bond donors (Lipinski definition) is 1. The SMILES string of the molecule is CNCCc1nc(-c2ccc(OC(C)C)cc2)cs1. The molecule has 0 spiro atoms. The van der Waals surface area contributed by atoms with Crippen LogP contribution in [-0.2, 0) is 6.42 Å². The van der Waals surface area contributed by atoms with Crippen LogP contribution < -0.4 is 10.1 Å². The molecule has 3 nitrogen and oxygen atoms in total. The van der Waals surface area contributed by atoms with Gasteiger partial charge < -0.3 is 10.1 Å². The van der Waals surface area contributed by atoms with Crippen LogP contribution in [0.15, 0.2) is 29.6 Å². The predicted octanol–water partition coefficient (Wildman–Crippen LogP) is 3.36. The fraction of sp³-hybridized carbons (Fsp3) is 0.400. The van der Waals surface area contributed by atoms with Crippen LogP contribution in [0.4, 0.5) is 0 Å². The number of ether oxygens (including phenoxy) is 1. The molecule has 0 saturated carbocycles. The lowest BCUT2D eigenvalue weighted by molar-refractivity contribution is 0.242. The Balaban J connectivity index is 2.07. The van der Waals surface area contributed by atoms with E-state index in [1.807, 2.05) is 33.0 Å². The van der Waals surface area contributed by atoms with Gasteiger partial charge in [0, 0.05) is 23.9 Å². The van der Waals surface area contributed by atoms with Crippen LogP contribution in [0.1, 0.15) is 18.9 Å². The highest BCUT2D eigenvalue weighted by atomic mass is 32.1. The first kappa shape index (κ1) is 14.0. The highest BCUT2D eigenvalue weighted by Gasteiger charge is 2.05. The Morgan fingerprint density at radius 2 is 2.00 bits per heavy atom. The second-order valence-corrected chi connectivity index (χ2v) is 5.61. The molecule has 0 amide bonds. The maximum Gasteiger partial charge on any atom is 0.119 e. The largest absolute Gasteiger partial charge is 0.491 e. The van der Waals surface area contributed by atoms with E-state index in [4.69, 9.17) is 4.74 Å². The van der Waals surface area contributed by atoms with E-state index in [9.17, 15) is 0 Å². The average Bonchev–Trinajstić information content (AvgIpc) is 2.85. The van der Waals surface area contributed by atoms with Crippen molar-refractivity contribution < 1.29 is 4.74 Å². The van der Waals surface area contributed by atoms with Crippen LogP contribution in [0.25, 0.3) is 11.3 Å². The van der Waals surface area contributed by atoms with Crippen LogP contribution >= 0.6 is 11.3 Å². The van der Waals surface area contributed by atoms with E-state index in [-0.39, 0.29) is 6.10 Å². The molecule has 0 unspecified atom stereocenters. The Hall–Kier alpha value is -1.39. The molecule has 0 bridgehead atoms. The lowest BCUT2D eigenvalue weighted by atomic mass is 10.2. The van der Waals surface area contributed by atoms with E-state index in [2.05, 4.69) is 27.8 Å². The molecule has 102 valence electrons. The molecule has 1 aromatic heterocycles. The van der Waals surface area contributed by atoms with Gasteiger partial charge in [-0.15, -0.1) is 11.3 Å². The molecular weight excluding hydrogens is 256 g/mol. The maximum atomic E-state index is 5.64. The van der Waals surface area contributed by atoms with Gasteiger partial charge in [0.1, 0.15) is 5.75 Å². The molecular formula is C15H20N2OS. The quantitative estimate of drug-likeness (QED) is 0.878. The third-order valence-electron chi connectivity index (χ3n) is 2.66. The minimum atomic E-state index is 0.207. The molecule has 0 radical (unpaired) electrons. The molecule has 0 saturated heterocycles. The van der Waals surface area contributed by atoms with Crippen molar-refractivity contribution in [3.63, 3.8) is 0 Å². The number of benzene rings is 1. The van der Waals surface area contributed by atoms with E-state index in [1.165, 1.54) is 5.01 Å². The molecule has 0 aliphatic carbocycles. The van der Waals surface area contributed by atoms with E-state index in [1.54, 1.807) is 11.3 Å². The molecule has 2 rings (SSSR count). The first-order valence-electron chi connectivity index (χ1n) is 6.55. The summed E-state index contributed by atoms with van der Waals surface area (Å²) >= 11 is 1.72.